The van der Waals surface area contributed by atoms with Crippen LogP contribution in [0.5, 0.6) is 0 Å². The molecule has 7 heteroatoms. The van der Waals surface area contributed by atoms with Gasteiger partial charge in [0.1, 0.15) is 0 Å². The van der Waals surface area contributed by atoms with Crippen LogP contribution in [0.25, 0.3) is 11.3 Å². The Morgan fingerprint density at radius 2 is 2.00 bits per heavy atom. The quantitative estimate of drug-likeness (QED) is 0.849. The van der Waals surface area contributed by atoms with Crippen molar-refractivity contribution in [3.8, 4) is 11.3 Å². The van der Waals surface area contributed by atoms with Crippen LogP contribution in [-0.4, -0.2) is 29.0 Å². The molecule has 2 rings (SSSR count). The minimum absolute atomic E-state index is 0.138. The number of pyridine rings is 1. The molecule has 0 unspecified atom stereocenters. The van der Waals surface area contributed by atoms with Crippen molar-refractivity contribution < 1.29 is 13.9 Å². The molecule has 0 atom stereocenters. The van der Waals surface area contributed by atoms with Crippen LogP contribution in [0, 0.1) is 5.82 Å². The third kappa shape index (κ3) is 2.42. The molecule has 0 aliphatic carbocycles. The molecule has 0 aromatic carbocycles. The van der Waals surface area contributed by atoms with E-state index in [1.54, 1.807) is 24.1 Å². The maximum atomic E-state index is 13.9. The number of hydrogen-bond acceptors (Lipinski definition) is 5. The zero-order valence-corrected chi connectivity index (χ0v) is 10.9. The third-order valence-electron chi connectivity index (χ3n) is 2.75. The van der Waals surface area contributed by atoms with Crippen molar-refractivity contribution >= 4 is 5.69 Å². The molecule has 0 radical (unpaired) electrons. The molecule has 102 valence electrons. The monoisotopic (exact) mass is 266 g/mol. The second-order valence-electron chi connectivity index (χ2n) is 3.99. The van der Waals surface area contributed by atoms with Gasteiger partial charge in [-0.25, -0.2) is 4.39 Å². The number of ether oxygens (including phenoxy) is 2. The first-order chi connectivity index (χ1) is 9.08. The van der Waals surface area contributed by atoms with Gasteiger partial charge >= 0.3 is 0 Å². The molecule has 0 bridgehead atoms. The van der Waals surface area contributed by atoms with Gasteiger partial charge in [-0.05, 0) is 0 Å². The highest BCUT2D eigenvalue weighted by atomic mass is 19.1. The van der Waals surface area contributed by atoms with Gasteiger partial charge in [0.2, 0.25) is 0 Å². The average Bonchev–Trinajstić information content (AvgIpc) is 2.81. The largest absolute Gasteiger partial charge is 0.396 e. The second-order valence-corrected chi connectivity index (χ2v) is 3.99. The number of nitrogens with two attached hydrogens (primary N) is 1. The first-order valence-corrected chi connectivity index (χ1v) is 5.57. The summed E-state index contributed by atoms with van der Waals surface area (Å²) in [6, 6.07) is 0. The molecule has 19 heavy (non-hydrogen) atoms. The summed E-state index contributed by atoms with van der Waals surface area (Å²) in [7, 11) is 4.60. The molecule has 2 aromatic rings. The summed E-state index contributed by atoms with van der Waals surface area (Å²) in [6.07, 6.45) is 3.57. The summed E-state index contributed by atoms with van der Waals surface area (Å²) in [4.78, 5) is 4.01. The van der Waals surface area contributed by atoms with E-state index in [-0.39, 0.29) is 11.3 Å². The highest BCUT2D eigenvalue weighted by Gasteiger charge is 2.22. The minimum Gasteiger partial charge on any atom is -0.396 e. The Balaban J connectivity index is 2.56. The number of aromatic nitrogens is 3. The zero-order chi connectivity index (χ0) is 14.0. The third-order valence-corrected chi connectivity index (χ3v) is 2.75. The molecule has 0 saturated heterocycles. The SMILES string of the molecule is COC(OC)c1c(F)cnc(-c2cnn(C)c2)c1N. The van der Waals surface area contributed by atoms with Crippen molar-refractivity contribution in [1.29, 1.82) is 0 Å². The van der Waals surface area contributed by atoms with E-state index < -0.39 is 12.1 Å². The molecule has 0 spiro atoms. The summed E-state index contributed by atoms with van der Waals surface area (Å²) in [5.74, 6) is -0.571. The Morgan fingerprint density at radius 3 is 2.53 bits per heavy atom. The lowest BCUT2D eigenvalue weighted by molar-refractivity contribution is -0.107. The molecule has 0 fully saturated rings. The Hall–Kier alpha value is -1.99. The first-order valence-electron chi connectivity index (χ1n) is 5.57. The van der Waals surface area contributed by atoms with E-state index in [9.17, 15) is 4.39 Å². The molecule has 0 aliphatic rings. The number of aryl methyl sites for hydroxylation is 1. The topological polar surface area (TPSA) is 75.2 Å². The normalized spacial score (nSPS) is 11.2. The van der Waals surface area contributed by atoms with Gasteiger partial charge in [0.25, 0.3) is 0 Å². The Kier molecular flexibility index (Phi) is 3.77. The van der Waals surface area contributed by atoms with Crippen molar-refractivity contribution in [2.24, 2.45) is 7.05 Å². The van der Waals surface area contributed by atoms with E-state index in [0.29, 0.717) is 11.3 Å². The van der Waals surface area contributed by atoms with Crippen molar-refractivity contribution in [2.45, 2.75) is 6.29 Å². The molecule has 2 N–H and O–H groups in total. The minimum atomic E-state index is -0.876. The smallest absolute Gasteiger partial charge is 0.188 e. The lowest BCUT2D eigenvalue weighted by Crippen LogP contribution is -2.11. The fraction of sp³-hybridized carbons (Fsp3) is 0.333. The number of anilines is 1. The van der Waals surface area contributed by atoms with E-state index in [1.165, 1.54) is 14.2 Å². The Labute approximate surface area is 110 Å². The van der Waals surface area contributed by atoms with Gasteiger partial charge in [0, 0.05) is 33.0 Å². The highest BCUT2D eigenvalue weighted by Crippen LogP contribution is 2.33. The summed E-state index contributed by atoms with van der Waals surface area (Å²) >= 11 is 0. The van der Waals surface area contributed by atoms with Crippen LogP contribution in [0.2, 0.25) is 0 Å². The van der Waals surface area contributed by atoms with Crippen LogP contribution in [0.4, 0.5) is 10.1 Å². The lowest BCUT2D eigenvalue weighted by atomic mass is 10.1. The van der Waals surface area contributed by atoms with E-state index in [4.69, 9.17) is 15.2 Å². The summed E-state index contributed by atoms with van der Waals surface area (Å²) in [5, 5.41) is 4.04. The Morgan fingerprint density at radius 1 is 1.32 bits per heavy atom. The fourth-order valence-electron chi connectivity index (χ4n) is 1.86. The van der Waals surface area contributed by atoms with Gasteiger partial charge in [-0.1, -0.05) is 0 Å². The molecular formula is C12H15FN4O2. The van der Waals surface area contributed by atoms with Crippen molar-refractivity contribution in [1.82, 2.24) is 14.8 Å². The average molecular weight is 266 g/mol. The Bertz CT molecular complexity index is 581. The number of nitrogens with zero attached hydrogens (tertiary/aromatic N) is 3. The number of halogens is 1. The molecule has 2 heterocycles. The van der Waals surface area contributed by atoms with Crippen molar-refractivity contribution in [3.05, 3.63) is 30.0 Å². The first kappa shape index (κ1) is 13.4. The predicted octanol–water partition coefficient (Wildman–Crippen LogP) is 1.49. The van der Waals surface area contributed by atoms with Gasteiger partial charge in [0.05, 0.1) is 29.3 Å². The fourth-order valence-corrected chi connectivity index (χ4v) is 1.86. The second kappa shape index (κ2) is 5.33. The van der Waals surface area contributed by atoms with E-state index >= 15 is 0 Å². The summed E-state index contributed by atoms with van der Waals surface area (Å²) in [5.41, 5.74) is 7.45. The maximum Gasteiger partial charge on any atom is 0.188 e. The van der Waals surface area contributed by atoms with E-state index in [0.717, 1.165) is 6.20 Å². The van der Waals surface area contributed by atoms with Gasteiger partial charge in [-0.15, -0.1) is 0 Å². The zero-order valence-electron chi connectivity index (χ0n) is 10.9. The molecule has 0 saturated carbocycles. The molecular weight excluding hydrogens is 251 g/mol. The van der Waals surface area contributed by atoms with E-state index in [2.05, 4.69) is 10.1 Å². The number of rotatable bonds is 4. The van der Waals surface area contributed by atoms with Crippen LogP contribution in [0.15, 0.2) is 18.6 Å². The molecule has 0 aliphatic heterocycles. The van der Waals surface area contributed by atoms with Crippen LogP contribution in [0.1, 0.15) is 11.9 Å². The van der Waals surface area contributed by atoms with Gasteiger partial charge in [0.15, 0.2) is 12.1 Å². The number of hydrogen-bond donors (Lipinski definition) is 1. The van der Waals surface area contributed by atoms with E-state index in [1.807, 2.05) is 0 Å². The van der Waals surface area contributed by atoms with Crippen molar-refractivity contribution in [3.63, 3.8) is 0 Å². The predicted molar refractivity (Wildman–Crippen MR) is 67.6 cm³/mol. The van der Waals surface area contributed by atoms with Gasteiger partial charge in [-0.3, -0.25) is 9.67 Å². The maximum absolute atomic E-state index is 13.9. The van der Waals surface area contributed by atoms with Crippen LogP contribution in [0.3, 0.4) is 0 Å². The van der Waals surface area contributed by atoms with Crippen molar-refractivity contribution in [2.75, 3.05) is 20.0 Å². The standard InChI is InChI=1S/C12H15FN4O2/c1-17-6-7(4-16-17)11-10(14)9(8(13)5-15-11)12(18-2)19-3/h4-6,12H,14H2,1-3H3. The molecule has 0 amide bonds. The van der Waals surface area contributed by atoms with Crippen LogP contribution >= 0.6 is 0 Å². The summed E-state index contributed by atoms with van der Waals surface area (Å²) < 4.78 is 25.6. The van der Waals surface area contributed by atoms with Gasteiger partial charge in [-0.2, -0.15) is 5.10 Å². The van der Waals surface area contributed by atoms with Crippen LogP contribution in [-0.2, 0) is 16.5 Å². The summed E-state index contributed by atoms with van der Waals surface area (Å²) in [6.45, 7) is 0. The molecule has 2 aromatic heterocycles. The highest BCUT2D eigenvalue weighted by molar-refractivity contribution is 5.74. The number of methoxy groups -OCH3 is 2. The molecule has 6 nitrogen and oxygen atoms in total. The van der Waals surface area contributed by atoms with Gasteiger partial charge < -0.3 is 15.2 Å². The lowest BCUT2D eigenvalue weighted by Gasteiger charge is -2.17. The number of nitrogen functional groups attached to an aromatic ring is 1. The van der Waals surface area contributed by atoms with Crippen LogP contribution < -0.4 is 5.73 Å².